The third-order valence-electron chi connectivity index (χ3n) is 5.93. The van der Waals surface area contributed by atoms with E-state index >= 15 is 0 Å². The number of ether oxygens (including phenoxy) is 5. The highest BCUT2D eigenvalue weighted by Gasteiger charge is 2.47. The Kier molecular flexibility index (Phi) is 11.8. The van der Waals surface area contributed by atoms with Crippen molar-refractivity contribution >= 4 is 5.97 Å². The zero-order valence-electron chi connectivity index (χ0n) is 22.9. The van der Waals surface area contributed by atoms with Crippen molar-refractivity contribution in [3.8, 4) is 17.6 Å². The summed E-state index contributed by atoms with van der Waals surface area (Å²) in [5.41, 5.74) is -0.560. The van der Waals surface area contributed by atoms with Crippen molar-refractivity contribution in [3.05, 3.63) is 66.5 Å². The average molecular weight is 543 g/mol. The summed E-state index contributed by atoms with van der Waals surface area (Å²) in [6.45, 7) is 5.56. The van der Waals surface area contributed by atoms with Gasteiger partial charge in [-0.05, 0) is 76.1 Å². The predicted molar refractivity (Wildman–Crippen MR) is 145 cm³/mol. The van der Waals surface area contributed by atoms with Crippen LogP contribution in [0, 0.1) is 17.7 Å². The van der Waals surface area contributed by atoms with Crippen molar-refractivity contribution < 1.29 is 38.0 Å². The fourth-order valence-corrected chi connectivity index (χ4v) is 4.24. The maximum Gasteiger partial charge on any atom is 0.332 e. The molecule has 1 heterocycles. The summed E-state index contributed by atoms with van der Waals surface area (Å²) in [6.07, 6.45) is 13.8. The van der Waals surface area contributed by atoms with Gasteiger partial charge in [0.1, 0.15) is 48.7 Å². The van der Waals surface area contributed by atoms with Crippen molar-refractivity contribution in [2.45, 2.75) is 82.6 Å². The molecule has 3 rings (SSSR count). The van der Waals surface area contributed by atoms with Gasteiger partial charge in [-0.1, -0.05) is 36.5 Å². The first-order chi connectivity index (χ1) is 18.6. The van der Waals surface area contributed by atoms with Crippen LogP contribution < -0.4 is 4.74 Å². The molecule has 0 bridgehead atoms. The van der Waals surface area contributed by atoms with E-state index in [1.54, 1.807) is 18.2 Å². The highest BCUT2D eigenvalue weighted by atomic mass is 19.1. The molecule has 0 aromatic heterocycles. The van der Waals surface area contributed by atoms with Crippen molar-refractivity contribution in [3.63, 3.8) is 0 Å². The quantitative estimate of drug-likeness (QED) is 0.252. The van der Waals surface area contributed by atoms with E-state index in [0.717, 1.165) is 25.7 Å². The molecule has 1 spiro atoms. The van der Waals surface area contributed by atoms with Crippen LogP contribution in [0.5, 0.6) is 5.75 Å². The van der Waals surface area contributed by atoms with Gasteiger partial charge in [-0.3, -0.25) is 0 Å². The van der Waals surface area contributed by atoms with Gasteiger partial charge < -0.3 is 28.8 Å². The number of allylic oxidation sites excluding steroid dienone is 4. The molecule has 1 aromatic rings. The first-order valence-corrected chi connectivity index (χ1v) is 13.4. The van der Waals surface area contributed by atoms with Crippen LogP contribution >= 0.6 is 0 Å². The Hall–Kier alpha value is -2.96. The van der Waals surface area contributed by atoms with Crippen molar-refractivity contribution in [2.75, 3.05) is 19.8 Å². The molecule has 1 aliphatic carbocycles. The standard InChI is InChI=1S/C31H39FO7/c1-30(2,3)39-29(34)23-35-22-28-27(37-31(38-28)19-11-8-12-20-31)14-10-7-5-4-6-9-13-25(33)21-36-26-17-15-24(32)16-18-26/h5,7,9-10,13-18,25,27-28,33H,8,11-12,19-23H2,1-3H3/t25-,27+,28-/m0/s1. The first kappa shape index (κ1) is 30.6. The van der Waals surface area contributed by atoms with Crippen LogP contribution in [0.1, 0.15) is 52.9 Å². The molecule has 8 heteroatoms. The molecule has 3 atom stereocenters. The highest BCUT2D eigenvalue weighted by molar-refractivity contribution is 5.71. The van der Waals surface area contributed by atoms with Gasteiger partial charge in [0.15, 0.2) is 5.79 Å². The Labute approximate surface area is 230 Å². The molecule has 2 aliphatic rings. The minimum atomic E-state index is -0.839. The summed E-state index contributed by atoms with van der Waals surface area (Å²) in [5.74, 6) is 4.82. The third-order valence-corrected chi connectivity index (χ3v) is 5.93. The van der Waals surface area contributed by atoms with E-state index in [4.69, 9.17) is 23.7 Å². The lowest BCUT2D eigenvalue weighted by Crippen LogP contribution is -2.34. The molecule has 1 N–H and O–H groups in total. The topological polar surface area (TPSA) is 83.5 Å². The number of aliphatic hydroxyl groups excluding tert-OH is 1. The van der Waals surface area contributed by atoms with Crippen LogP contribution in [0.4, 0.5) is 4.39 Å². The number of hydrogen-bond acceptors (Lipinski definition) is 7. The van der Waals surface area contributed by atoms with Crippen LogP contribution in [0.2, 0.25) is 0 Å². The summed E-state index contributed by atoms with van der Waals surface area (Å²) in [6, 6.07) is 5.59. The van der Waals surface area contributed by atoms with Crippen molar-refractivity contribution in [1.29, 1.82) is 0 Å². The Morgan fingerprint density at radius 2 is 1.85 bits per heavy atom. The molecule has 0 unspecified atom stereocenters. The Morgan fingerprint density at radius 3 is 2.56 bits per heavy atom. The van der Waals surface area contributed by atoms with E-state index in [-0.39, 0.29) is 37.8 Å². The molecule has 1 aliphatic heterocycles. The summed E-state index contributed by atoms with van der Waals surface area (Å²) in [4.78, 5) is 12.0. The van der Waals surface area contributed by atoms with Crippen LogP contribution in [-0.2, 0) is 23.7 Å². The van der Waals surface area contributed by atoms with E-state index < -0.39 is 23.5 Å². The Balaban J connectivity index is 1.45. The zero-order chi connectivity index (χ0) is 28.1. The second kappa shape index (κ2) is 15.0. The summed E-state index contributed by atoms with van der Waals surface area (Å²) >= 11 is 0. The lowest BCUT2D eigenvalue weighted by atomic mass is 9.94. The largest absolute Gasteiger partial charge is 0.491 e. The molecule has 0 amide bonds. The minimum Gasteiger partial charge on any atom is -0.491 e. The van der Waals surface area contributed by atoms with Gasteiger partial charge in [0.25, 0.3) is 0 Å². The van der Waals surface area contributed by atoms with Gasteiger partial charge >= 0.3 is 5.97 Å². The monoisotopic (exact) mass is 542 g/mol. The number of esters is 1. The van der Waals surface area contributed by atoms with Crippen LogP contribution in [0.25, 0.3) is 0 Å². The molecule has 0 radical (unpaired) electrons. The minimum absolute atomic E-state index is 0.0377. The summed E-state index contributed by atoms with van der Waals surface area (Å²) < 4.78 is 41.9. The first-order valence-electron chi connectivity index (χ1n) is 13.4. The highest BCUT2D eigenvalue weighted by Crippen LogP contribution is 2.41. The molecule has 1 aromatic carbocycles. The molecule has 39 heavy (non-hydrogen) atoms. The summed E-state index contributed by atoms with van der Waals surface area (Å²) in [7, 11) is 0. The van der Waals surface area contributed by atoms with Crippen LogP contribution in [0.3, 0.4) is 0 Å². The normalized spacial score (nSPS) is 21.9. The molecular weight excluding hydrogens is 503 g/mol. The predicted octanol–water partition coefficient (Wildman–Crippen LogP) is 5.04. The van der Waals surface area contributed by atoms with Gasteiger partial charge in [0.2, 0.25) is 0 Å². The van der Waals surface area contributed by atoms with E-state index in [0.29, 0.717) is 5.75 Å². The van der Waals surface area contributed by atoms with Gasteiger partial charge in [0.05, 0.1) is 6.61 Å². The fourth-order valence-electron chi connectivity index (χ4n) is 4.24. The maximum atomic E-state index is 12.9. The lowest BCUT2D eigenvalue weighted by Gasteiger charge is -2.31. The van der Waals surface area contributed by atoms with Crippen molar-refractivity contribution in [2.24, 2.45) is 0 Å². The van der Waals surface area contributed by atoms with Gasteiger partial charge in [-0.2, -0.15) is 0 Å². The van der Waals surface area contributed by atoms with E-state index in [2.05, 4.69) is 11.8 Å². The summed E-state index contributed by atoms with van der Waals surface area (Å²) in [5, 5.41) is 9.95. The number of benzene rings is 1. The average Bonchev–Trinajstić information content (AvgIpc) is 3.20. The van der Waals surface area contributed by atoms with Gasteiger partial charge in [0, 0.05) is 12.8 Å². The molecule has 212 valence electrons. The third kappa shape index (κ3) is 11.4. The second-order valence-corrected chi connectivity index (χ2v) is 10.5. The van der Waals surface area contributed by atoms with E-state index in [1.165, 1.54) is 36.8 Å². The zero-order valence-corrected chi connectivity index (χ0v) is 22.9. The van der Waals surface area contributed by atoms with Crippen LogP contribution in [0.15, 0.2) is 60.7 Å². The smallest absolute Gasteiger partial charge is 0.332 e. The number of carbonyl (C=O) groups is 1. The SMILES string of the molecule is CC(C)(C)OC(=O)COC[C@@H]1OC2(CCCCC2)O[C@@H]1C=CC=CC#CC=C[C@H](O)COc1ccc(F)cc1. The molecule has 2 fully saturated rings. The van der Waals surface area contributed by atoms with Crippen LogP contribution in [-0.4, -0.2) is 60.6 Å². The lowest BCUT2D eigenvalue weighted by molar-refractivity contribution is -0.195. The molecule has 1 saturated carbocycles. The van der Waals surface area contributed by atoms with Gasteiger partial charge in [-0.15, -0.1) is 0 Å². The number of carbonyl (C=O) groups excluding carboxylic acids is 1. The number of aliphatic hydroxyl groups is 1. The molecular formula is C31H39FO7. The maximum absolute atomic E-state index is 12.9. The molecule has 1 saturated heterocycles. The second-order valence-electron chi connectivity index (χ2n) is 10.5. The van der Waals surface area contributed by atoms with Gasteiger partial charge in [-0.25, -0.2) is 9.18 Å². The fraction of sp³-hybridized carbons (Fsp3) is 0.516. The number of hydrogen-bond donors (Lipinski definition) is 1. The van der Waals surface area contributed by atoms with Crippen molar-refractivity contribution in [1.82, 2.24) is 0 Å². The number of halogens is 1. The number of rotatable bonds is 10. The Bertz CT molecular complexity index is 1050. The van der Waals surface area contributed by atoms with E-state index in [1.807, 2.05) is 32.9 Å². The van der Waals surface area contributed by atoms with E-state index in [9.17, 15) is 14.3 Å². The Morgan fingerprint density at radius 1 is 1.13 bits per heavy atom. The molecule has 7 nitrogen and oxygen atoms in total.